The Hall–Kier alpha value is -1.26. The molecule has 0 aliphatic heterocycles. The van der Waals surface area contributed by atoms with Crippen LogP contribution in [0.4, 0.5) is 0 Å². The maximum Gasteiger partial charge on any atom is 0.117 e. The highest BCUT2D eigenvalue weighted by Crippen LogP contribution is 2.29. The summed E-state index contributed by atoms with van der Waals surface area (Å²) >= 11 is 6.08. The zero-order valence-electron chi connectivity index (χ0n) is 14.3. The van der Waals surface area contributed by atoms with Gasteiger partial charge < -0.3 is 14.7 Å². The van der Waals surface area contributed by atoms with E-state index in [2.05, 4.69) is 29.2 Å². The third-order valence-corrected chi connectivity index (χ3v) is 4.06. The van der Waals surface area contributed by atoms with Crippen LogP contribution in [0.3, 0.4) is 0 Å². The van der Waals surface area contributed by atoms with Crippen molar-refractivity contribution in [3.8, 4) is 5.75 Å². The lowest BCUT2D eigenvalue weighted by molar-refractivity contribution is 0.134. The maximum atomic E-state index is 9.79. The summed E-state index contributed by atoms with van der Waals surface area (Å²) in [5.41, 5.74) is 3.43. The van der Waals surface area contributed by atoms with E-state index in [0.29, 0.717) is 11.6 Å². The molecule has 0 saturated heterocycles. The molecule has 132 valence electrons. The fraction of sp³-hybridized carbons (Fsp3) is 0.368. The van der Waals surface area contributed by atoms with Crippen LogP contribution in [-0.2, 0) is 17.8 Å². The second kappa shape index (κ2) is 9.90. The van der Waals surface area contributed by atoms with Crippen molar-refractivity contribution in [3.63, 3.8) is 0 Å². The van der Waals surface area contributed by atoms with Gasteiger partial charge >= 0.3 is 0 Å². The summed E-state index contributed by atoms with van der Waals surface area (Å²) < 4.78 is 5.42. The molecule has 5 heteroatoms. The van der Waals surface area contributed by atoms with Crippen LogP contribution in [0, 0.1) is 0 Å². The lowest BCUT2D eigenvalue weighted by Crippen LogP contribution is -2.22. The Morgan fingerprint density at radius 1 is 1.08 bits per heavy atom. The van der Waals surface area contributed by atoms with Crippen LogP contribution < -0.4 is 0 Å². The number of phenolic OH excluding ortho intramolecular Hbond substituents is 1. The van der Waals surface area contributed by atoms with Gasteiger partial charge in [0.1, 0.15) is 5.75 Å². The minimum atomic E-state index is 0. The van der Waals surface area contributed by atoms with Crippen LogP contribution in [-0.4, -0.2) is 30.7 Å². The Kier molecular flexibility index (Phi) is 8.57. The van der Waals surface area contributed by atoms with E-state index >= 15 is 0 Å². The van der Waals surface area contributed by atoms with Crippen molar-refractivity contribution < 1.29 is 9.84 Å². The first-order valence-corrected chi connectivity index (χ1v) is 8.19. The number of rotatable bonds is 7. The largest absolute Gasteiger partial charge is 0.508 e. The summed E-state index contributed by atoms with van der Waals surface area (Å²) in [6, 6.07) is 13.9. The summed E-state index contributed by atoms with van der Waals surface area (Å²) in [6.45, 7) is 3.37. The molecule has 0 fully saturated rings. The van der Waals surface area contributed by atoms with Crippen molar-refractivity contribution in [1.29, 1.82) is 0 Å². The number of likely N-dealkylation sites (N-methyl/N-ethyl adjacent to an activating group) is 1. The van der Waals surface area contributed by atoms with E-state index in [1.807, 2.05) is 27.1 Å². The lowest BCUT2D eigenvalue weighted by atomic mass is 9.97. The smallest absolute Gasteiger partial charge is 0.117 e. The maximum absolute atomic E-state index is 9.79. The molecule has 0 spiro atoms. The van der Waals surface area contributed by atoms with Gasteiger partial charge in [0.25, 0.3) is 0 Å². The number of hydrogen-bond donors (Lipinski definition) is 1. The number of halogens is 2. The lowest BCUT2D eigenvalue weighted by Gasteiger charge is -2.25. The summed E-state index contributed by atoms with van der Waals surface area (Å²) in [6.07, 6.45) is 0.849. The summed E-state index contributed by atoms with van der Waals surface area (Å²) in [4.78, 5) is 2.14. The topological polar surface area (TPSA) is 32.7 Å². The van der Waals surface area contributed by atoms with E-state index in [4.69, 9.17) is 16.3 Å². The van der Waals surface area contributed by atoms with Crippen molar-refractivity contribution in [2.75, 3.05) is 20.7 Å². The number of nitrogens with zero attached hydrogens (tertiary/aromatic N) is 1. The van der Waals surface area contributed by atoms with Gasteiger partial charge in [-0.2, -0.15) is 0 Å². The number of hydrogen-bond acceptors (Lipinski definition) is 3. The Bertz CT molecular complexity index is 610. The highest BCUT2D eigenvalue weighted by Gasteiger charge is 2.16. The normalized spacial score (nSPS) is 12.0. The van der Waals surface area contributed by atoms with Gasteiger partial charge in [-0.3, -0.25) is 0 Å². The molecule has 0 saturated carbocycles. The third kappa shape index (κ3) is 5.99. The average molecular weight is 370 g/mol. The molecule has 0 amide bonds. The Morgan fingerprint density at radius 3 is 2.25 bits per heavy atom. The zero-order valence-corrected chi connectivity index (χ0v) is 15.9. The Balaban J connectivity index is 0.00000288. The first-order chi connectivity index (χ1) is 11.0. The molecule has 1 atom stereocenters. The van der Waals surface area contributed by atoms with Gasteiger partial charge in [-0.1, -0.05) is 35.9 Å². The number of ether oxygens (including phenoxy) is 1. The summed E-state index contributed by atoms with van der Waals surface area (Å²) in [5, 5.41) is 10.3. The predicted octanol–water partition coefficient (Wildman–Crippen LogP) is 4.85. The highest BCUT2D eigenvalue weighted by molar-refractivity contribution is 6.30. The molecular formula is C19H25Cl2NO2. The van der Waals surface area contributed by atoms with Crippen LogP contribution in [0.15, 0.2) is 42.5 Å². The van der Waals surface area contributed by atoms with Gasteiger partial charge in [0, 0.05) is 17.7 Å². The van der Waals surface area contributed by atoms with E-state index in [9.17, 15) is 5.11 Å². The van der Waals surface area contributed by atoms with E-state index in [-0.39, 0.29) is 24.2 Å². The summed E-state index contributed by atoms with van der Waals surface area (Å²) in [5.74, 6) is 0.200. The summed E-state index contributed by atoms with van der Waals surface area (Å²) in [7, 11) is 4.07. The number of aromatic hydroxyl groups is 1. The monoisotopic (exact) mass is 369 g/mol. The molecule has 0 bridgehead atoms. The quantitative estimate of drug-likeness (QED) is 0.756. The van der Waals surface area contributed by atoms with Crippen LogP contribution >= 0.6 is 24.0 Å². The van der Waals surface area contributed by atoms with Gasteiger partial charge in [0.2, 0.25) is 0 Å². The molecule has 1 N–H and O–H groups in total. The van der Waals surface area contributed by atoms with Gasteiger partial charge in [0.05, 0.1) is 6.61 Å². The molecule has 0 aromatic heterocycles. The standard InChI is InChI=1S/C19H24ClNO2.ClH/c1-4-23-13-15-7-5-14(6-8-15)9-19(21(2)3)16-10-17(20)12-18(22)11-16;/h5-8,10-12,19,22H,4,9,13H2,1-3H3;1H. The minimum absolute atomic E-state index is 0. The van der Waals surface area contributed by atoms with Crippen molar-refractivity contribution in [2.24, 2.45) is 0 Å². The molecule has 1 unspecified atom stereocenters. The molecule has 0 aliphatic carbocycles. The van der Waals surface area contributed by atoms with E-state index < -0.39 is 0 Å². The fourth-order valence-corrected chi connectivity index (χ4v) is 2.84. The molecule has 24 heavy (non-hydrogen) atoms. The van der Waals surface area contributed by atoms with Crippen molar-refractivity contribution in [3.05, 3.63) is 64.2 Å². The van der Waals surface area contributed by atoms with Crippen molar-refractivity contribution >= 4 is 24.0 Å². The van der Waals surface area contributed by atoms with Crippen LogP contribution in [0.1, 0.15) is 29.7 Å². The van der Waals surface area contributed by atoms with E-state index in [1.54, 1.807) is 12.1 Å². The number of phenols is 1. The molecule has 2 aromatic rings. The second-order valence-corrected chi connectivity index (χ2v) is 6.32. The SMILES string of the molecule is CCOCc1ccc(CC(c2cc(O)cc(Cl)c2)N(C)C)cc1.Cl. The minimum Gasteiger partial charge on any atom is -0.508 e. The first-order valence-electron chi connectivity index (χ1n) is 7.81. The van der Waals surface area contributed by atoms with Crippen LogP contribution in [0.25, 0.3) is 0 Å². The fourth-order valence-electron chi connectivity index (χ4n) is 2.60. The predicted molar refractivity (Wildman–Crippen MR) is 102 cm³/mol. The molecule has 0 heterocycles. The second-order valence-electron chi connectivity index (χ2n) is 5.88. The Morgan fingerprint density at radius 2 is 1.71 bits per heavy atom. The molecule has 2 aromatic carbocycles. The molecule has 0 aliphatic rings. The van der Waals surface area contributed by atoms with Gasteiger partial charge in [-0.25, -0.2) is 0 Å². The van der Waals surface area contributed by atoms with Crippen LogP contribution in [0.2, 0.25) is 5.02 Å². The van der Waals surface area contributed by atoms with Gasteiger partial charge in [-0.05, 0) is 62.3 Å². The van der Waals surface area contributed by atoms with Crippen LogP contribution in [0.5, 0.6) is 5.75 Å². The van der Waals surface area contributed by atoms with Crippen molar-refractivity contribution in [1.82, 2.24) is 4.90 Å². The van der Waals surface area contributed by atoms with E-state index in [1.165, 1.54) is 11.1 Å². The zero-order chi connectivity index (χ0) is 16.8. The molecular weight excluding hydrogens is 345 g/mol. The highest BCUT2D eigenvalue weighted by atomic mass is 35.5. The van der Waals surface area contributed by atoms with E-state index in [0.717, 1.165) is 18.6 Å². The third-order valence-electron chi connectivity index (χ3n) is 3.84. The molecule has 3 nitrogen and oxygen atoms in total. The Labute approximate surface area is 155 Å². The van der Waals surface area contributed by atoms with Crippen molar-refractivity contribution in [2.45, 2.75) is 26.0 Å². The van der Waals surface area contributed by atoms with Gasteiger partial charge in [-0.15, -0.1) is 12.4 Å². The average Bonchev–Trinajstić information content (AvgIpc) is 2.50. The molecule has 0 radical (unpaired) electrons. The molecule has 2 rings (SSSR count). The first kappa shape index (κ1) is 20.8. The van der Waals surface area contributed by atoms with Gasteiger partial charge in [0.15, 0.2) is 0 Å². The number of benzene rings is 2.